The third-order valence-corrected chi connectivity index (χ3v) is 6.18. The van der Waals surface area contributed by atoms with Crippen molar-refractivity contribution in [2.24, 2.45) is 0 Å². The molecule has 1 amide bonds. The fourth-order valence-electron chi connectivity index (χ4n) is 4.40. The number of hydrogen-bond acceptors (Lipinski definition) is 4. The molecule has 33 heavy (non-hydrogen) atoms. The molecule has 0 saturated carbocycles. The van der Waals surface area contributed by atoms with Gasteiger partial charge in [-0.25, -0.2) is 18.2 Å². The lowest BCUT2D eigenvalue weighted by atomic mass is 10.0. The van der Waals surface area contributed by atoms with Crippen LogP contribution in [0.4, 0.5) is 13.2 Å². The molecule has 2 aliphatic rings. The molecule has 1 saturated heterocycles. The maximum atomic E-state index is 13.9. The van der Waals surface area contributed by atoms with Crippen LogP contribution in [0.15, 0.2) is 42.6 Å². The highest BCUT2D eigenvalue weighted by molar-refractivity contribution is 5.96. The van der Waals surface area contributed by atoms with Gasteiger partial charge >= 0.3 is 0 Å². The first-order valence-electron chi connectivity index (χ1n) is 10.7. The van der Waals surface area contributed by atoms with E-state index in [1.165, 1.54) is 17.0 Å². The molecular formula is C24H23F3N4O2. The summed E-state index contributed by atoms with van der Waals surface area (Å²) >= 11 is 0. The number of nitrogens with zero attached hydrogens (tertiary/aromatic N) is 3. The summed E-state index contributed by atoms with van der Waals surface area (Å²) in [4.78, 5) is 23.1. The zero-order valence-corrected chi connectivity index (χ0v) is 18.1. The first-order chi connectivity index (χ1) is 15.8. The van der Waals surface area contributed by atoms with Crippen molar-refractivity contribution < 1.29 is 22.7 Å². The second kappa shape index (κ2) is 8.22. The van der Waals surface area contributed by atoms with E-state index in [2.05, 4.69) is 9.97 Å². The summed E-state index contributed by atoms with van der Waals surface area (Å²) in [5, 5.41) is 0.855. The van der Waals surface area contributed by atoms with Crippen molar-refractivity contribution >= 4 is 22.5 Å². The van der Waals surface area contributed by atoms with E-state index in [-0.39, 0.29) is 18.3 Å². The number of fused-ring (bicyclic) bond motifs is 1. The number of carbonyl (C=O) groups is 1. The summed E-state index contributed by atoms with van der Waals surface area (Å²) < 4.78 is 45.4. The zero-order valence-electron chi connectivity index (χ0n) is 18.1. The van der Waals surface area contributed by atoms with Crippen LogP contribution in [0.1, 0.15) is 12.1 Å². The Kier molecular flexibility index (Phi) is 5.36. The van der Waals surface area contributed by atoms with Crippen LogP contribution in [0.25, 0.3) is 27.7 Å². The molecule has 1 N–H and O–H groups in total. The quantitative estimate of drug-likeness (QED) is 0.632. The van der Waals surface area contributed by atoms with Gasteiger partial charge in [-0.2, -0.15) is 0 Å². The van der Waals surface area contributed by atoms with Gasteiger partial charge in [-0.1, -0.05) is 6.08 Å². The van der Waals surface area contributed by atoms with Crippen molar-refractivity contribution in [1.29, 1.82) is 0 Å². The first kappa shape index (κ1) is 21.5. The predicted octanol–water partition coefficient (Wildman–Crippen LogP) is 3.94. The lowest BCUT2D eigenvalue weighted by Crippen LogP contribution is -2.60. The molecule has 172 valence electrons. The zero-order chi connectivity index (χ0) is 23.2. The van der Waals surface area contributed by atoms with Gasteiger partial charge in [-0.05, 0) is 47.9 Å². The standard InChI is InChI=1S/C24H23F3N4O2/c1-33-21-3-2-16(25)10-18(21)17-4-7-28-23-19(17)11-20(29-23)15-5-8-30(9-6-15)12-22(32)31-13-24(26,27)14-31/h2-5,7,10-11H,6,8-9,12-14H2,1H3,(H,28,29). The average molecular weight is 456 g/mol. The van der Waals surface area contributed by atoms with Gasteiger partial charge in [-0.15, -0.1) is 0 Å². The lowest BCUT2D eigenvalue weighted by molar-refractivity contribution is -0.166. The van der Waals surface area contributed by atoms with Gasteiger partial charge in [0.25, 0.3) is 5.92 Å². The minimum atomic E-state index is -2.75. The van der Waals surface area contributed by atoms with Crippen LogP contribution < -0.4 is 4.74 Å². The van der Waals surface area contributed by atoms with Crippen LogP contribution in [-0.4, -0.2) is 71.4 Å². The van der Waals surface area contributed by atoms with Crippen LogP contribution in [-0.2, 0) is 4.79 Å². The smallest absolute Gasteiger partial charge is 0.282 e. The number of alkyl halides is 2. The van der Waals surface area contributed by atoms with E-state index in [4.69, 9.17) is 4.74 Å². The summed E-state index contributed by atoms with van der Waals surface area (Å²) in [6.45, 7) is 0.369. The largest absolute Gasteiger partial charge is 0.496 e. The number of aromatic amines is 1. The van der Waals surface area contributed by atoms with Crippen LogP contribution in [0, 0.1) is 5.82 Å². The van der Waals surface area contributed by atoms with Crippen molar-refractivity contribution in [3.8, 4) is 16.9 Å². The normalized spacial score (nSPS) is 18.2. The fourth-order valence-corrected chi connectivity index (χ4v) is 4.40. The van der Waals surface area contributed by atoms with Gasteiger partial charge in [0.05, 0.1) is 26.7 Å². The summed E-state index contributed by atoms with van der Waals surface area (Å²) in [7, 11) is 1.55. The highest BCUT2D eigenvalue weighted by Gasteiger charge is 2.46. The number of H-pyrrole nitrogens is 1. The monoisotopic (exact) mass is 456 g/mol. The number of hydrogen-bond donors (Lipinski definition) is 1. The number of aromatic nitrogens is 2. The third-order valence-electron chi connectivity index (χ3n) is 6.18. The highest BCUT2D eigenvalue weighted by atomic mass is 19.3. The van der Waals surface area contributed by atoms with Crippen LogP contribution in [0.5, 0.6) is 5.75 Å². The van der Waals surface area contributed by atoms with Crippen molar-refractivity contribution in [3.05, 3.63) is 54.1 Å². The van der Waals surface area contributed by atoms with E-state index < -0.39 is 19.0 Å². The van der Waals surface area contributed by atoms with Crippen LogP contribution in [0.2, 0.25) is 0 Å². The lowest BCUT2D eigenvalue weighted by Gasteiger charge is -2.40. The van der Waals surface area contributed by atoms with Crippen molar-refractivity contribution in [1.82, 2.24) is 19.8 Å². The second-order valence-electron chi connectivity index (χ2n) is 8.47. The van der Waals surface area contributed by atoms with E-state index in [1.54, 1.807) is 19.4 Å². The molecular weight excluding hydrogens is 433 g/mol. The number of carbonyl (C=O) groups excluding carboxylic acids is 1. The minimum Gasteiger partial charge on any atom is -0.496 e. The van der Waals surface area contributed by atoms with Gasteiger partial charge in [0.1, 0.15) is 17.2 Å². The molecule has 9 heteroatoms. The summed E-state index contributed by atoms with van der Waals surface area (Å²) in [6, 6.07) is 8.24. The number of likely N-dealkylation sites (tertiary alicyclic amines) is 1. The molecule has 0 atom stereocenters. The van der Waals surface area contributed by atoms with Crippen LogP contribution in [0.3, 0.4) is 0 Å². The van der Waals surface area contributed by atoms with E-state index in [0.29, 0.717) is 36.5 Å². The molecule has 2 aliphatic heterocycles. The topological polar surface area (TPSA) is 61.5 Å². The van der Waals surface area contributed by atoms with E-state index in [0.717, 1.165) is 22.2 Å². The maximum Gasteiger partial charge on any atom is 0.282 e. The van der Waals surface area contributed by atoms with Gasteiger partial charge in [0.15, 0.2) is 0 Å². The Balaban J connectivity index is 1.35. The Morgan fingerprint density at radius 3 is 2.73 bits per heavy atom. The molecule has 1 fully saturated rings. The molecule has 4 heterocycles. The third kappa shape index (κ3) is 4.20. The predicted molar refractivity (Wildman–Crippen MR) is 119 cm³/mol. The van der Waals surface area contributed by atoms with E-state index in [1.807, 2.05) is 23.1 Å². The van der Waals surface area contributed by atoms with Gasteiger partial charge in [0.2, 0.25) is 5.91 Å². The van der Waals surface area contributed by atoms with Gasteiger partial charge < -0.3 is 14.6 Å². The number of rotatable bonds is 5. The highest BCUT2D eigenvalue weighted by Crippen LogP contribution is 2.36. The molecule has 0 unspecified atom stereocenters. The van der Waals surface area contributed by atoms with Crippen LogP contribution >= 0.6 is 0 Å². The fraction of sp³-hybridized carbons (Fsp3) is 0.333. The SMILES string of the molecule is COc1ccc(F)cc1-c1ccnc2[nH]c(C3=CCN(CC(=O)N4CC(F)(F)C4)CC3)cc12. The Labute approximate surface area is 188 Å². The van der Waals surface area contributed by atoms with E-state index in [9.17, 15) is 18.0 Å². The second-order valence-corrected chi connectivity index (χ2v) is 8.47. The number of ether oxygens (including phenoxy) is 1. The molecule has 5 rings (SSSR count). The number of methoxy groups -OCH3 is 1. The average Bonchev–Trinajstić information content (AvgIpc) is 3.22. The van der Waals surface area contributed by atoms with Crippen molar-refractivity contribution in [3.63, 3.8) is 0 Å². The minimum absolute atomic E-state index is 0.137. The molecule has 0 bridgehead atoms. The van der Waals surface area contributed by atoms with E-state index >= 15 is 0 Å². The Bertz CT molecular complexity index is 1250. The number of benzene rings is 1. The van der Waals surface area contributed by atoms with Gasteiger partial charge in [0, 0.05) is 35.9 Å². The summed E-state index contributed by atoms with van der Waals surface area (Å²) in [6.07, 6.45) is 4.41. The molecule has 0 aliphatic carbocycles. The first-order valence-corrected chi connectivity index (χ1v) is 10.7. The molecule has 3 aromatic rings. The molecule has 6 nitrogen and oxygen atoms in total. The van der Waals surface area contributed by atoms with Gasteiger partial charge in [-0.3, -0.25) is 9.69 Å². The Morgan fingerprint density at radius 2 is 2.03 bits per heavy atom. The number of halogens is 3. The number of amides is 1. The number of pyridine rings is 1. The molecule has 1 aromatic carbocycles. The molecule has 2 aromatic heterocycles. The summed E-state index contributed by atoms with van der Waals surface area (Å²) in [5.74, 6) is -2.79. The maximum absolute atomic E-state index is 13.9. The van der Waals surface area contributed by atoms with Crippen molar-refractivity contribution in [2.45, 2.75) is 12.3 Å². The molecule has 0 radical (unpaired) electrons. The Morgan fingerprint density at radius 1 is 1.21 bits per heavy atom. The molecule has 0 spiro atoms. The summed E-state index contributed by atoms with van der Waals surface area (Å²) in [5.41, 5.74) is 4.15. The Hall–Kier alpha value is -3.33. The number of nitrogens with one attached hydrogen (secondary N) is 1. The van der Waals surface area contributed by atoms with Crippen molar-refractivity contribution in [2.75, 3.05) is 39.8 Å².